The Morgan fingerprint density at radius 2 is 2.08 bits per heavy atom. The van der Waals surface area contributed by atoms with Crippen LogP contribution < -0.4 is 9.80 Å². The van der Waals surface area contributed by atoms with Gasteiger partial charge in [-0.1, -0.05) is 11.6 Å². The number of aromatic nitrogens is 1. The van der Waals surface area contributed by atoms with Gasteiger partial charge in [-0.2, -0.15) is 0 Å². The first-order valence-electron chi connectivity index (χ1n) is 7.96. The van der Waals surface area contributed by atoms with Crippen molar-refractivity contribution in [2.75, 3.05) is 36.5 Å². The first kappa shape index (κ1) is 18.3. The van der Waals surface area contributed by atoms with Crippen LogP contribution in [0.2, 0.25) is 5.15 Å². The minimum atomic E-state index is -0.574. The minimum absolute atomic E-state index is 0.0863. The molecule has 1 atom stereocenters. The summed E-state index contributed by atoms with van der Waals surface area (Å²) in [4.78, 5) is 34.6. The van der Waals surface area contributed by atoms with Crippen LogP contribution >= 0.6 is 27.5 Å². The highest BCUT2D eigenvalue weighted by molar-refractivity contribution is 9.10. The summed E-state index contributed by atoms with van der Waals surface area (Å²) in [7, 11) is 1.70. The Morgan fingerprint density at radius 3 is 2.72 bits per heavy atom. The number of fused-ring (bicyclic) bond motifs is 3. The summed E-state index contributed by atoms with van der Waals surface area (Å²) < 4.78 is 6.06. The number of likely N-dealkylation sites (N-methyl/N-ethyl adjacent to an activating group) is 1. The van der Waals surface area contributed by atoms with Gasteiger partial charge in [0.2, 0.25) is 0 Å². The topological polar surface area (TPSA) is 66.0 Å². The average Bonchev–Trinajstić information content (AvgIpc) is 2.52. The summed E-state index contributed by atoms with van der Waals surface area (Å²) in [5.41, 5.74) is 0.124. The molecule has 0 aromatic carbocycles. The minimum Gasteiger partial charge on any atom is -0.444 e. The number of piperazine rings is 1. The zero-order valence-electron chi connectivity index (χ0n) is 14.5. The Kier molecular flexibility index (Phi) is 4.61. The summed E-state index contributed by atoms with van der Waals surface area (Å²) in [6, 6.07) is 1.29. The van der Waals surface area contributed by atoms with Crippen LogP contribution in [0.3, 0.4) is 0 Å². The van der Waals surface area contributed by atoms with Crippen LogP contribution in [-0.2, 0) is 9.53 Å². The number of hydrogen-bond acceptors (Lipinski definition) is 5. The molecule has 0 spiro atoms. The molecule has 1 saturated heterocycles. The second-order valence-electron chi connectivity index (χ2n) is 7.14. The summed E-state index contributed by atoms with van der Waals surface area (Å²) in [6.07, 6.45) is -0.407. The Labute approximate surface area is 160 Å². The van der Waals surface area contributed by atoms with Gasteiger partial charge in [0.05, 0.1) is 16.7 Å². The lowest BCUT2D eigenvalue weighted by Gasteiger charge is -2.46. The molecule has 9 heteroatoms. The van der Waals surface area contributed by atoms with Gasteiger partial charge in [-0.3, -0.25) is 4.79 Å². The summed E-state index contributed by atoms with van der Waals surface area (Å²) in [5, 5.41) is 0.342. The van der Waals surface area contributed by atoms with Crippen LogP contribution in [0.5, 0.6) is 0 Å². The Bertz CT molecular complexity index is 737. The fraction of sp³-hybridized carbons (Fsp3) is 0.562. The predicted molar refractivity (Wildman–Crippen MR) is 99.3 cm³/mol. The van der Waals surface area contributed by atoms with E-state index in [9.17, 15) is 9.59 Å². The molecule has 1 aromatic heterocycles. The fourth-order valence-electron chi connectivity index (χ4n) is 2.99. The zero-order chi connectivity index (χ0) is 18.5. The van der Waals surface area contributed by atoms with E-state index in [-0.39, 0.29) is 12.5 Å². The molecule has 2 aliphatic rings. The van der Waals surface area contributed by atoms with Gasteiger partial charge in [0.1, 0.15) is 16.8 Å². The number of halogens is 2. The lowest BCUT2D eigenvalue weighted by atomic mass is 10.1. The molecule has 7 nitrogen and oxygen atoms in total. The maximum atomic E-state index is 12.8. The number of carbonyl (C=O) groups excluding carboxylic acids is 2. The molecule has 3 rings (SSSR count). The highest BCUT2D eigenvalue weighted by Crippen LogP contribution is 2.39. The molecule has 136 valence electrons. The molecule has 0 aliphatic carbocycles. The third-order valence-corrected chi connectivity index (χ3v) is 5.30. The van der Waals surface area contributed by atoms with Crippen molar-refractivity contribution in [1.29, 1.82) is 0 Å². The highest BCUT2D eigenvalue weighted by atomic mass is 79.9. The number of anilines is 2. The second-order valence-corrected chi connectivity index (χ2v) is 8.35. The monoisotopic (exact) mass is 430 g/mol. The molecule has 0 radical (unpaired) electrons. The second kappa shape index (κ2) is 6.32. The lowest BCUT2D eigenvalue weighted by Crippen LogP contribution is -2.63. The molecule has 2 aliphatic heterocycles. The molecular formula is C16H20BrClN4O3. The van der Waals surface area contributed by atoms with Crippen LogP contribution in [-0.4, -0.2) is 60.2 Å². The number of nitrogens with zero attached hydrogens (tertiary/aromatic N) is 4. The number of pyridine rings is 1. The van der Waals surface area contributed by atoms with Crippen molar-refractivity contribution in [3.8, 4) is 0 Å². The molecule has 0 N–H and O–H groups in total. The number of carbonyl (C=O) groups is 2. The largest absolute Gasteiger partial charge is 0.444 e. The van der Waals surface area contributed by atoms with Crippen molar-refractivity contribution in [2.45, 2.75) is 32.4 Å². The molecule has 0 bridgehead atoms. The van der Waals surface area contributed by atoms with Gasteiger partial charge in [-0.25, -0.2) is 9.78 Å². The van der Waals surface area contributed by atoms with Crippen LogP contribution in [0.1, 0.15) is 20.8 Å². The van der Waals surface area contributed by atoms with E-state index in [4.69, 9.17) is 16.3 Å². The van der Waals surface area contributed by atoms with Crippen molar-refractivity contribution in [2.24, 2.45) is 0 Å². The third-order valence-electron chi connectivity index (χ3n) is 4.17. The summed E-state index contributed by atoms with van der Waals surface area (Å²) in [5.74, 6) is 0.570. The molecule has 1 fully saturated rings. The van der Waals surface area contributed by atoms with Gasteiger partial charge in [-0.05, 0) is 42.8 Å². The van der Waals surface area contributed by atoms with Crippen molar-refractivity contribution in [3.05, 3.63) is 15.7 Å². The fourth-order valence-corrected chi connectivity index (χ4v) is 3.43. The summed E-state index contributed by atoms with van der Waals surface area (Å²) >= 11 is 9.49. The SMILES string of the molecule is CN1C(=O)C2CN(C(=O)OC(C)(C)C)CCN2c2nc(Cl)c(Br)cc21. The average molecular weight is 432 g/mol. The van der Waals surface area contributed by atoms with Gasteiger partial charge < -0.3 is 19.4 Å². The molecule has 2 amide bonds. The van der Waals surface area contributed by atoms with E-state index in [1.165, 1.54) is 0 Å². The Morgan fingerprint density at radius 1 is 1.40 bits per heavy atom. The maximum absolute atomic E-state index is 12.8. The quantitative estimate of drug-likeness (QED) is 0.591. The van der Waals surface area contributed by atoms with Crippen LogP contribution in [0, 0.1) is 0 Å². The standard InChI is InChI=1S/C16H20BrClN4O3/c1-16(2,3)25-15(24)21-5-6-22-11(8-21)14(23)20(4)10-7-9(17)12(18)19-13(10)22/h7,11H,5-6,8H2,1-4H3. The van der Waals surface area contributed by atoms with Gasteiger partial charge in [0.15, 0.2) is 5.82 Å². The third kappa shape index (κ3) is 3.42. The molecular weight excluding hydrogens is 412 g/mol. The number of rotatable bonds is 0. The predicted octanol–water partition coefficient (Wildman–Crippen LogP) is 2.90. The molecule has 1 unspecified atom stereocenters. The van der Waals surface area contributed by atoms with Gasteiger partial charge in [0.25, 0.3) is 5.91 Å². The molecule has 1 aromatic rings. The maximum Gasteiger partial charge on any atom is 0.410 e. The normalized spacial score (nSPS) is 20.3. The molecule has 25 heavy (non-hydrogen) atoms. The molecule has 3 heterocycles. The van der Waals surface area contributed by atoms with Crippen LogP contribution in [0.4, 0.5) is 16.3 Å². The van der Waals surface area contributed by atoms with Gasteiger partial charge >= 0.3 is 6.09 Å². The van der Waals surface area contributed by atoms with Gasteiger partial charge in [0, 0.05) is 20.1 Å². The van der Waals surface area contributed by atoms with Crippen LogP contribution in [0.15, 0.2) is 10.5 Å². The Balaban J connectivity index is 1.88. The number of ether oxygens (including phenoxy) is 1. The van der Waals surface area contributed by atoms with E-state index in [0.717, 1.165) is 0 Å². The first-order valence-corrected chi connectivity index (χ1v) is 9.14. The van der Waals surface area contributed by atoms with Gasteiger partial charge in [-0.15, -0.1) is 0 Å². The van der Waals surface area contributed by atoms with E-state index in [1.54, 1.807) is 22.9 Å². The highest BCUT2D eigenvalue weighted by Gasteiger charge is 2.43. The van der Waals surface area contributed by atoms with Crippen LogP contribution in [0.25, 0.3) is 0 Å². The van der Waals surface area contributed by atoms with E-state index < -0.39 is 17.7 Å². The molecule has 0 saturated carbocycles. The van der Waals surface area contributed by atoms with E-state index in [1.807, 2.05) is 25.7 Å². The van der Waals surface area contributed by atoms with E-state index in [0.29, 0.717) is 34.2 Å². The summed E-state index contributed by atoms with van der Waals surface area (Å²) in [6.45, 7) is 6.66. The zero-order valence-corrected chi connectivity index (χ0v) is 16.9. The lowest BCUT2D eigenvalue weighted by molar-refractivity contribution is -0.120. The number of amides is 2. The van der Waals surface area contributed by atoms with Crippen molar-refractivity contribution >= 4 is 51.0 Å². The van der Waals surface area contributed by atoms with E-state index >= 15 is 0 Å². The van der Waals surface area contributed by atoms with Crippen molar-refractivity contribution in [3.63, 3.8) is 0 Å². The number of hydrogen-bond donors (Lipinski definition) is 0. The first-order chi connectivity index (χ1) is 11.6. The smallest absolute Gasteiger partial charge is 0.410 e. The van der Waals surface area contributed by atoms with Crippen molar-refractivity contribution < 1.29 is 14.3 Å². The van der Waals surface area contributed by atoms with Crippen molar-refractivity contribution in [1.82, 2.24) is 9.88 Å². The Hall–Kier alpha value is -1.54. The van der Waals surface area contributed by atoms with E-state index in [2.05, 4.69) is 20.9 Å².